The van der Waals surface area contributed by atoms with E-state index >= 15 is 0 Å². The lowest BCUT2D eigenvalue weighted by molar-refractivity contribution is -0.202. The number of likely N-dealkylation sites (tertiary alicyclic amines) is 1. The third-order valence-electron chi connectivity index (χ3n) is 6.07. The fourth-order valence-corrected chi connectivity index (χ4v) is 4.26. The number of hydrogen-bond acceptors (Lipinski definition) is 3. The van der Waals surface area contributed by atoms with Gasteiger partial charge in [-0.1, -0.05) is 20.8 Å². The highest BCUT2D eigenvalue weighted by Gasteiger charge is 2.46. The Morgan fingerprint density at radius 1 is 1.05 bits per heavy atom. The maximum Gasteiger partial charge on any atom is 0.169 e. The summed E-state index contributed by atoms with van der Waals surface area (Å²) in [5.74, 6) is 2.18. The zero-order valence-electron chi connectivity index (χ0n) is 14.1. The van der Waals surface area contributed by atoms with Crippen LogP contribution in [-0.2, 0) is 9.47 Å². The lowest BCUT2D eigenvalue weighted by atomic mass is 9.78. The smallest absolute Gasteiger partial charge is 0.169 e. The van der Waals surface area contributed by atoms with E-state index in [9.17, 15) is 0 Å². The highest BCUT2D eigenvalue weighted by atomic mass is 16.7. The zero-order chi connectivity index (χ0) is 14.9. The Morgan fingerprint density at radius 3 is 2.71 bits per heavy atom. The molecular weight excluding hydrogens is 262 g/mol. The van der Waals surface area contributed by atoms with E-state index in [1.54, 1.807) is 0 Å². The Bertz CT molecular complexity index is 348. The van der Waals surface area contributed by atoms with Gasteiger partial charge in [0.2, 0.25) is 0 Å². The molecule has 0 aromatic carbocycles. The van der Waals surface area contributed by atoms with Crippen molar-refractivity contribution in [3.63, 3.8) is 0 Å². The molecule has 3 aliphatic rings. The molecule has 0 amide bonds. The second-order valence-electron chi connectivity index (χ2n) is 8.00. The van der Waals surface area contributed by atoms with Gasteiger partial charge in [-0.05, 0) is 56.5 Å². The van der Waals surface area contributed by atoms with Crippen LogP contribution in [0.5, 0.6) is 0 Å². The van der Waals surface area contributed by atoms with Crippen LogP contribution in [-0.4, -0.2) is 43.0 Å². The van der Waals surface area contributed by atoms with Gasteiger partial charge in [-0.2, -0.15) is 0 Å². The molecule has 21 heavy (non-hydrogen) atoms. The van der Waals surface area contributed by atoms with Crippen molar-refractivity contribution in [2.75, 3.05) is 26.2 Å². The average Bonchev–Trinajstić information content (AvgIpc) is 2.71. The lowest BCUT2D eigenvalue weighted by Gasteiger charge is -2.39. The minimum Gasteiger partial charge on any atom is -0.347 e. The molecule has 1 aliphatic carbocycles. The molecule has 5 atom stereocenters. The van der Waals surface area contributed by atoms with Crippen molar-refractivity contribution in [1.82, 2.24) is 4.90 Å². The predicted octanol–water partition coefficient (Wildman–Crippen LogP) is 3.68. The molecule has 2 saturated heterocycles. The summed E-state index contributed by atoms with van der Waals surface area (Å²) < 4.78 is 12.6. The fraction of sp³-hybridized carbons (Fsp3) is 1.00. The lowest BCUT2D eigenvalue weighted by Crippen LogP contribution is -2.41. The van der Waals surface area contributed by atoms with Crippen LogP contribution in [0.2, 0.25) is 0 Å². The maximum atomic E-state index is 6.42. The predicted molar refractivity (Wildman–Crippen MR) is 85.2 cm³/mol. The molecule has 3 fully saturated rings. The molecule has 0 aromatic rings. The molecule has 0 radical (unpaired) electrons. The Morgan fingerprint density at radius 2 is 1.90 bits per heavy atom. The molecule has 5 unspecified atom stereocenters. The minimum atomic E-state index is -0.240. The average molecular weight is 295 g/mol. The van der Waals surface area contributed by atoms with Crippen LogP contribution in [0.1, 0.15) is 59.3 Å². The van der Waals surface area contributed by atoms with E-state index in [2.05, 4.69) is 25.7 Å². The third kappa shape index (κ3) is 3.80. The van der Waals surface area contributed by atoms with Gasteiger partial charge in [-0.3, -0.25) is 0 Å². The van der Waals surface area contributed by atoms with Crippen LogP contribution in [0.3, 0.4) is 0 Å². The van der Waals surface area contributed by atoms with E-state index in [0.717, 1.165) is 43.7 Å². The molecule has 3 nitrogen and oxygen atoms in total. The van der Waals surface area contributed by atoms with Gasteiger partial charge in [0.1, 0.15) is 0 Å². The standard InChI is InChI=1S/C18H33NO2/c1-14-5-4-9-19(10-7-14)12-17-13-20-18(21-17)8-6-15(2)16(3)11-18/h14-17H,4-13H2,1-3H3. The molecule has 1 spiro atoms. The molecule has 3 rings (SSSR count). The van der Waals surface area contributed by atoms with Crippen LogP contribution in [0, 0.1) is 17.8 Å². The van der Waals surface area contributed by atoms with Crippen molar-refractivity contribution in [3.05, 3.63) is 0 Å². The van der Waals surface area contributed by atoms with Gasteiger partial charge in [0.25, 0.3) is 0 Å². The summed E-state index contributed by atoms with van der Waals surface area (Å²) in [5.41, 5.74) is 0. The molecular formula is C18H33NO2. The second-order valence-corrected chi connectivity index (χ2v) is 8.00. The number of ether oxygens (including phenoxy) is 2. The Labute approximate surface area is 130 Å². The van der Waals surface area contributed by atoms with Crippen molar-refractivity contribution in [1.29, 1.82) is 0 Å². The van der Waals surface area contributed by atoms with Gasteiger partial charge in [-0.15, -0.1) is 0 Å². The van der Waals surface area contributed by atoms with Crippen LogP contribution in [0.25, 0.3) is 0 Å². The summed E-state index contributed by atoms with van der Waals surface area (Å²) in [6.07, 6.45) is 7.78. The van der Waals surface area contributed by atoms with Gasteiger partial charge in [0.05, 0.1) is 12.7 Å². The maximum absolute atomic E-state index is 6.42. The van der Waals surface area contributed by atoms with Crippen LogP contribution >= 0.6 is 0 Å². The van der Waals surface area contributed by atoms with Crippen molar-refractivity contribution in [2.24, 2.45) is 17.8 Å². The fourth-order valence-electron chi connectivity index (χ4n) is 4.26. The third-order valence-corrected chi connectivity index (χ3v) is 6.07. The molecule has 2 heterocycles. The summed E-state index contributed by atoms with van der Waals surface area (Å²) >= 11 is 0. The van der Waals surface area contributed by atoms with E-state index in [1.165, 1.54) is 38.8 Å². The molecule has 2 aliphatic heterocycles. The van der Waals surface area contributed by atoms with Gasteiger partial charge in [0, 0.05) is 19.4 Å². The van der Waals surface area contributed by atoms with Crippen LogP contribution in [0.4, 0.5) is 0 Å². The minimum absolute atomic E-state index is 0.240. The van der Waals surface area contributed by atoms with E-state index in [4.69, 9.17) is 9.47 Å². The molecule has 0 N–H and O–H groups in total. The monoisotopic (exact) mass is 295 g/mol. The van der Waals surface area contributed by atoms with Crippen molar-refractivity contribution >= 4 is 0 Å². The summed E-state index contributed by atoms with van der Waals surface area (Å²) in [4.78, 5) is 2.60. The molecule has 3 heteroatoms. The first kappa shape index (κ1) is 15.8. The Hall–Kier alpha value is -0.120. The highest BCUT2D eigenvalue weighted by molar-refractivity contribution is 4.88. The Kier molecular flexibility index (Phi) is 4.92. The van der Waals surface area contributed by atoms with E-state index < -0.39 is 0 Å². The van der Waals surface area contributed by atoms with Gasteiger partial charge < -0.3 is 14.4 Å². The molecule has 0 bridgehead atoms. The van der Waals surface area contributed by atoms with Gasteiger partial charge in [0.15, 0.2) is 5.79 Å². The first-order valence-electron chi connectivity index (χ1n) is 9.10. The van der Waals surface area contributed by atoms with Gasteiger partial charge in [-0.25, -0.2) is 0 Å². The summed E-state index contributed by atoms with van der Waals surface area (Å²) in [7, 11) is 0. The van der Waals surface area contributed by atoms with Crippen molar-refractivity contribution in [3.8, 4) is 0 Å². The molecule has 1 saturated carbocycles. The van der Waals surface area contributed by atoms with E-state index in [1.807, 2.05) is 0 Å². The first-order valence-corrected chi connectivity index (χ1v) is 9.10. The molecule has 122 valence electrons. The van der Waals surface area contributed by atoms with Gasteiger partial charge >= 0.3 is 0 Å². The highest BCUT2D eigenvalue weighted by Crippen LogP contribution is 2.42. The van der Waals surface area contributed by atoms with E-state index in [0.29, 0.717) is 6.10 Å². The summed E-state index contributed by atoms with van der Waals surface area (Å²) in [5, 5.41) is 0. The normalized spacial score (nSPS) is 45.9. The second kappa shape index (κ2) is 6.55. The zero-order valence-corrected chi connectivity index (χ0v) is 14.1. The van der Waals surface area contributed by atoms with Crippen molar-refractivity contribution in [2.45, 2.75) is 71.2 Å². The number of nitrogens with zero attached hydrogens (tertiary/aromatic N) is 1. The van der Waals surface area contributed by atoms with Crippen molar-refractivity contribution < 1.29 is 9.47 Å². The number of rotatable bonds is 2. The number of hydrogen-bond donors (Lipinski definition) is 0. The van der Waals surface area contributed by atoms with Crippen LogP contribution in [0.15, 0.2) is 0 Å². The quantitative estimate of drug-likeness (QED) is 0.776. The summed E-state index contributed by atoms with van der Waals surface area (Å²) in [6.45, 7) is 11.4. The van der Waals surface area contributed by atoms with Crippen LogP contribution < -0.4 is 0 Å². The topological polar surface area (TPSA) is 21.7 Å². The Balaban J connectivity index is 1.50. The van der Waals surface area contributed by atoms with E-state index in [-0.39, 0.29) is 5.79 Å². The largest absolute Gasteiger partial charge is 0.347 e. The first-order chi connectivity index (χ1) is 10.1. The summed E-state index contributed by atoms with van der Waals surface area (Å²) in [6, 6.07) is 0. The molecule has 0 aromatic heterocycles. The SMILES string of the molecule is CC1CCCN(CC2COC3(CCC(C)C(C)C3)O2)CC1.